The number of imide groups is 1. The van der Waals surface area contributed by atoms with E-state index in [4.69, 9.17) is 4.74 Å². The predicted octanol–water partition coefficient (Wildman–Crippen LogP) is 1.23. The number of carbonyl (C=O) groups excluding carboxylic acids is 2. The van der Waals surface area contributed by atoms with E-state index < -0.39 is 11.7 Å². The molecule has 2 rings (SSSR count). The number of nitrogens with zero attached hydrogens (tertiary/aromatic N) is 2. The minimum atomic E-state index is -0.981. The molecule has 0 saturated carbocycles. The Morgan fingerprint density at radius 3 is 2.35 bits per heavy atom. The molecule has 0 bridgehead atoms. The number of amides is 2. The van der Waals surface area contributed by atoms with Crippen LogP contribution in [0.5, 0.6) is 0 Å². The lowest BCUT2D eigenvalue weighted by molar-refractivity contribution is -0.134. The van der Waals surface area contributed by atoms with Gasteiger partial charge >= 0.3 is 6.09 Å². The Labute approximate surface area is 102 Å². The third-order valence-electron chi connectivity index (χ3n) is 3.38. The van der Waals surface area contributed by atoms with E-state index in [1.807, 2.05) is 0 Å². The lowest BCUT2D eigenvalue weighted by atomic mass is 10.1. The molecule has 5 heteroatoms. The third-order valence-corrected chi connectivity index (χ3v) is 3.38. The summed E-state index contributed by atoms with van der Waals surface area (Å²) in [5.74, 6) is -0.219. The summed E-state index contributed by atoms with van der Waals surface area (Å²) >= 11 is 0. The molecule has 0 aromatic heterocycles. The van der Waals surface area contributed by atoms with Crippen LogP contribution in [-0.4, -0.2) is 53.6 Å². The van der Waals surface area contributed by atoms with Crippen molar-refractivity contribution in [2.75, 3.05) is 26.2 Å². The van der Waals surface area contributed by atoms with Crippen LogP contribution in [-0.2, 0) is 9.53 Å². The molecule has 2 heterocycles. The van der Waals surface area contributed by atoms with Gasteiger partial charge in [-0.25, -0.2) is 9.69 Å². The molecule has 0 N–H and O–H groups in total. The molecule has 0 atom stereocenters. The maximum absolute atomic E-state index is 11.8. The van der Waals surface area contributed by atoms with Crippen molar-refractivity contribution in [3.05, 3.63) is 0 Å². The average Bonchev–Trinajstić information content (AvgIpc) is 2.80. The second-order valence-corrected chi connectivity index (χ2v) is 5.24. The highest BCUT2D eigenvalue weighted by atomic mass is 16.6. The Kier molecular flexibility index (Phi) is 3.38. The highest BCUT2D eigenvalue weighted by molar-refractivity contribution is 6.02. The van der Waals surface area contributed by atoms with Crippen molar-refractivity contribution < 1.29 is 14.3 Å². The number of cyclic esters (lactones) is 1. The lowest BCUT2D eigenvalue weighted by Crippen LogP contribution is -2.37. The van der Waals surface area contributed by atoms with Gasteiger partial charge in [0.25, 0.3) is 5.91 Å². The van der Waals surface area contributed by atoms with Crippen LogP contribution in [0.15, 0.2) is 0 Å². The Morgan fingerprint density at radius 1 is 1.18 bits per heavy atom. The minimum Gasteiger partial charge on any atom is -0.433 e. The zero-order valence-electron chi connectivity index (χ0n) is 10.6. The normalized spacial score (nSPS) is 24.5. The van der Waals surface area contributed by atoms with E-state index in [1.165, 1.54) is 17.7 Å². The molecule has 0 aliphatic carbocycles. The van der Waals surface area contributed by atoms with Crippen LogP contribution in [0.25, 0.3) is 0 Å². The van der Waals surface area contributed by atoms with Gasteiger partial charge in [0.1, 0.15) is 0 Å². The van der Waals surface area contributed by atoms with Gasteiger partial charge in [-0.2, -0.15) is 0 Å². The molecule has 2 fully saturated rings. The number of ether oxygens (including phenoxy) is 1. The van der Waals surface area contributed by atoms with Gasteiger partial charge in [0.15, 0.2) is 5.60 Å². The first kappa shape index (κ1) is 12.4. The van der Waals surface area contributed by atoms with Crippen molar-refractivity contribution >= 4 is 12.0 Å². The maximum Gasteiger partial charge on any atom is 0.417 e. The number of hydrogen-bond acceptors (Lipinski definition) is 4. The van der Waals surface area contributed by atoms with Crippen molar-refractivity contribution in [1.29, 1.82) is 0 Å². The van der Waals surface area contributed by atoms with Gasteiger partial charge < -0.3 is 9.64 Å². The molecule has 0 aromatic rings. The Hall–Kier alpha value is -1.10. The minimum absolute atomic E-state index is 0.219. The van der Waals surface area contributed by atoms with Crippen LogP contribution < -0.4 is 0 Å². The summed E-state index contributed by atoms with van der Waals surface area (Å²) in [6, 6.07) is 0. The van der Waals surface area contributed by atoms with Crippen LogP contribution in [0.2, 0.25) is 0 Å². The third kappa shape index (κ3) is 2.60. The summed E-state index contributed by atoms with van der Waals surface area (Å²) in [4.78, 5) is 26.9. The topological polar surface area (TPSA) is 49.9 Å². The van der Waals surface area contributed by atoms with Crippen molar-refractivity contribution in [1.82, 2.24) is 9.80 Å². The lowest BCUT2D eigenvalue weighted by Gasteiger charge is -2.17. The molecule has 0 spiro atoms. The second-order valence-electron chi connectivity index (χ2n) is 5.24. The number of rotatable bonds is 4. The molecule has 2 aliphatic heterocycles. The van der Waals surface area contributed by atoms with E-state index in [1.54, 1.807) is 13.8 Å². The summed E-state index contributed by atoms with van der Waals surface area (Å²) in [6.45, 7) is 6.98. The first-order valence-electron chi connectivity index (χ1n) is 6.28. The number of carbonyl (C=O) groups is 2. The molecular weight excluding hydrogens is 220 g/mol. The second kappa shape index (κ2) is 4.64. The summed E-state index contributed by atoms with van der Waals surface area (Å²) in [6.07, 6.45) is 2.85. The van der Waals surface area contributed by atoms with E-state index in [9.17, 15) is 9.59 Å². The Morgan fingerprint density at radius 2 is 1.82 bits per heavy atom. The highest BCUT2D eigenvalue weighted by Crippen LogP contribution is 2.23. The summed E-state index contributed by atoms with van der Waals surface area (Å²) in [5.41, 5.74) is -0.981. The fraction of sp³-hybridized carbons (Fsp3) is 0.833. The van der Waals surface area contributed by atoms with E-state index in [-0.39, 0.29) is 5.91 Å². The van der Waals surface area contributed by atoms with Crippen LogP contribution in [0.4, 0.5) is 4.79 Å². The van der Waals surface area contributed by atoms with Gasteiger partial charge in [0.05, 0.1) is 0 Å². The van der Waals surface area contributed by atoms with Gasteiger partial charge in [0.2, 0.25) is 0 Å². The van der Waals surface area contributed by atoms with E-state index in [0.29, 0.717) is 6.54 Å². The molecule has 2 aliphatic rings. The van der Waals surface area contributed by atoms with Gasteiger partial charge in [-0.05, 0) is 52.7 Å². The van der Waals surface area contributed by atoms with Crippen molar-refractivity contribution in [2.45, 2.75) is 38.7 Å². The number of likely N-dealkylation sites (tertiary alicyclic amines) is 1. The molecule has 2 saturated heterocycles. The smallest absolute Gasteiger partial charge is 0.417 e. The highest BCUT2D eigenvalue weighted by Gasteiger charge is 2.46. The Balaban J connectivity index is 1.79. The molecular formula is C12H20N2O3. The fourth-order valence-electron chi connectivity index (χ4n) is 2.38. The zero-order valence-corrected chi connectivity index (χ0v) is 10.6. The van der Waals surface area contributed by atoms with Gasteiger partial charge in [0, 0.05) is 6.54 Å². The predicted molar refractivity (Wildman–Crippen MR) is 62.6 cm³/mol. The summed E-state index contributed by atoms with van der Waals surface area (Å²) < 4.78 is 5.02. The first-order valence-corrected chi connectivity index (χ1v) is 6.28. The van der Waals surface area contributed by atoms with E-state index >= 15 is 0 Å². The maximum atomic E-state index is 11.8. The summed E-state index contributed by atoms with van der Waals surface area (Å²) in [5, 5.41) is 0. The molecule has 17 heavy (non-hydrogen) atoms. The average molecular weight is 240 g/mol. The van der Waals surface area contributed by atoms with Gasteiger partial charge in [-0.15, -0.1) is 0 Å². The van der Waals surface area contributed by atoms with Crippen molar-refractivity contribution in [3.8, 4) is 0 Å². The fourth-order valence-corrected chi connectivity index (χ4v) is 2.38. The molecule has 0 radical (unpaired) electrons. The van der Waals surface area contributed by atoms with Crippen LogP contribution in [0.1, 0.15) is 33.1 Å². The molecule has 0 unspecified atom stereocenters. The van der Waals surface area contributed by atoms with Crippen molar-refractivity contribution in [3.63, 3.8) is 0 Å². The SMILES string of the molecule is CC1(C)OC(=O)N(CCCN2CCCC2)C1=O. The summed E-state index contributed by atoms with van der Waals surface area (Å²) in [7, 11) is 0. The Bertz CT molecular complexity index is 322. The van der Waals surface area contributed by atoms with Crippen molar-refractivity contribution in [2.24, 2.45) is 0 Å². The van der Waals surface area contributed by atoms with E-state index in [2.05, 4.69) is 4.90 Å². The van der Waals surface area contributed by atoms with Crippen LogP contribution in [0, 0.1) is 0 Å². The number of hydrogen-bond donors (Lipinski definition) is 0. The van der Waals surface area contributed by atoms with Crippen LogP contribution >= 0.6 is 0 Å². The largest absolute Gasteiger partial charge is 0.433 e. The van der Waals surface area contributed by atoms with E-state index in [0.717, 1.165) is 26.1 Å². The molecule has 5 nitrogen and oxygen atoms in total. The first-order chi connectivity index (χ1) is 8.00. The van der Waals surface area contributed by atoms with Gasteiger partial charge in [-0.1, -0.05) is 0 Å². The molecule has 0 aromatic carbocycles. The van der Waals surface area contributed by atoms with Crippen LogP contribution in [0.3, 0.4) is 0 Å². The molecule has 2 amide bonds. The molecule has 96 valence electrons. The van der Waals surface area contributed by atoms with Gasteiger partial charge in [-0.3, -0.25) is 4.79 Å². The quantitative estimate of drug-likeness (QED) is 0.741. The standard InChI is InChI=1S/C12H20N2O3/c1-12(2)10(15)14(11(16)17-12)9-5-8-13-6-3-4-7-13/h3-9H2,1-2H3. The zero-order chi connectivity index (χ0) is 12.5. The monoisotopic (exact) mass is 240 g/mol.